The molecule has 1 N–H and O–H groups in total. The van der Waals surface area contributed by atoms with Crippen LogP contribution in [0.2, 0.25) is 0 Å². The molecule has 0 spiro atoms. The lowest BCUT2D eigenvalue weighted by atomic mass is 10.2. The summed E-state index contributed by atoms with van der Waals surface area (Å²) in [5, 5.41) is 7.86. The van der Waals surface area contributed by atoms with Gasteiger partial charge in [-0.05, 0) is 18.6 Å². The van der Waals surface area contributed by atoms with Gasteiger partial charge in [-0.15, -0.1) is 0 Å². The molecule has 0 aliphatic heterocycles. The first-order chi connectivity index (χ1) is 9.69. The maximum absolute atomic E-state index is 4.61. The van der Waals surface area contributed by atoms with Crippen molar-refractivity contribution >= 4 is 17.0 Å². The number of para-hydroxylation sites is 2. The summed E-state index contributed by atoms with van der Waals surface area (Å²) in [5.74, 6) is 0.886. The molecular weight excluding hydrogens is 250 g/mol. The van der Waals surface area contributed by atoms with Gasteiger partial charge in [-0.2, -0.15) is 5.10 Å². The van der Waals surface area contributed by atoms with Gasteiger partial charge in [0.1, 0.15) is 0 Å². The second-order valence-corrected chi connectivity index (χ2v) is 4.96. The normalized spacial score (nSPS) is 11.2. The van der Waals surface area contributed by atoms with Crippen molar-refractivity contribution in [2.45, 2.75) is 19.9 Å². The average molecular weight is 269 g/mol. The second kappa shape index (κ2) is 5.00. The number of hydrogen-bond donors (Lipinski definition) is 1. The van der Waals surface area contributed by atoms with Gasteiger partial charge in [-0.1, -0.05) is 19.1 Å². The van der Waals surface area contributed by atoms with E-state index in [1.165, 1.54) is 5.56 Å². The summed E-state index contributed by atoms with van der Waals surface area (Å²) in [6.45, 7) is 2.87. The number of nitrogens with zero attached hydrogens (tertiary/aromatic N) is 4. The van der Waals surface area contributed by atoms with Crippen molar-refractivity contribution in [1.82, 2.24) is 19.3 Å². The van der Waals surface area contributed by atoms with E-state index in [9.17, 15) is 0 Å². The van der Waals surface area contributed by atoms with E-state index in [0.717, 1.165) is 35.6 Å². The summed E-state index contributed by atoms with van der Waals surface area (Å²) in [7, 11) is 3.99. The van der Waals surface area contributed by atoms with E-state index in [-0.39, 0.29) is 0 Å². The third kappa shape index (κ3) is 2.15. The molecule has 0 bridgehead atoms. The minimum atomic E-state index is 0.744. The molecule has 5 heteroatoms. The fourth-order valence-electron chi connectivity index (χ4n) is 2.51. The molecule has 0 saturated heterocycles. The summed E-state index contributed by atoms with van der Waals surface area (Å²) >= 11 is 0. The Bertz CT molecular complexity index is 738. The van der Waals surface area contributed by atoms with Crippen molar-refractivity contribution in [2.24, 2.45) is 14.1 Å². The summed E-state index contributed by atoms with van der Waals surface area (Å²) < 4.78 is 3.95. The number of benzene rings is 1. The molecule has 104 valence electrons. The number of imidazole rings is 1. The molecule has 3 rings (SSSR count). The van der Waals surface area contributed by atoms with Crippen LogP contribution in [0.4, 0.5) is 5.95 Å². The summed E-state index contributed by atoms with van der Waals surface area (Å²) in [6, 6.07) is 8.15. The minimum Gasteiger partial charge on any atom is -0.351 e. The molecule has 0 unspecified atom stereocenters. The van der Waals surface area contributed by atoms with Crippen molar-refractivity contribution in [2.75, 3.05) is 5.32 Å². The Hall–Kier alpha value is -2.30. The highest BCUT2D eigenvalue weighted by Crippen LogP contribution is 2.18. The van der Waals surface area contributed by atoms with E-state index in [0.29, 0.717) is 0 Å². The smallest absolute Gasteiger partial charge is 0.203 e. The first kappa shape index (κ1) is 12.7. The van der Waals surface area contributed by atoms with E-state index in [1.54, 1.807) is 0 Å². The van der Waals surface area contributed by atoms with E-state index in [4.69, 9.17) is 0 Å². The van der Waals surface area contributed by atoms with E-state index >= 15 is 0 Å². The highest BCUT2D eigenvalue weighted by atomic mass is 15.3. The fraction of sp³-hybridized carbons (Fsp3) is 0.333. The number of rotatable bonds is 4. The molecular formula is C15H19N5. The van der Waals surface area contributed by atoms with Gasteiger partial charge in [0, 0.05) is 32.4 Å². The van der Waals surface area contributed by atoms with Crippen LogP contribution in [0.5, 0.6) is 0 Å². The number of hydrogen-bond acceptors (Lipinski definition) is 3. The van der Waals surface area contributed by atoms with E-state index in [2.05, 4.69) is 39.2 Å². The van der Waals surface area contributed by atoms with Crippen LogP contribution in [0.25, 0.3) is 11.0 Å². The van der Waals surface area contributed by atoms with Crippen molar-refractivity contribution in [3.8, 4) is 0 Å². The van der Waals surface area contributed by atoms with Crippen LogP contribution in [0.1, 0.15) is 18.2 Å². The van der Waals surface area contributed by atoms with Crippen LogP contribution in [0.15, 0.2) is 30.5 Å². The minimum absolute atomic E-state index is 0.744. The maximum Gasteiger partial charge on any atom is 0.203 e. The summed E-state index contributed by atoms with van der Waals surface area (Å²) in [4.78, 5) is 4.61. The number of fused-ring (bicyclic) bond motifs is 1. The Labute approximate surface area is 118 Å². The lowest BCUT2D eigenvalue weighted by Gasteiger charge is -2.05. The monoisotopic (exact) mass is 269 g/mol. The molecule has 0 radical (unpaired) electrons. The van der Waals surface area contributed by atoms with Crippen LogP contribution in [0.3, 0.4) is 0 Å². The molecule has 3 aromatic rings. The van der Waals surface area contributed by atoms with Crippen LogP contribution in [-0.4, -0.2) is 19.3 Å². The highest BCUT2D eigenvalue weighted by Gasteiger charge is 2.09. The fourth-order valence-corrected chi connectivity index (χ4v) is 2.51. The quantitative estimate of drug-likeness (QED) is 0.791. The highest BCUT2D eigenvalue weighted by molar-refractivity contribution is 5.78. The maximum atomic E-state index is 4.61. The first-order valence-electron chi connectivity index (χ1n) is 6.85. The lowest BCUT2D eigenvalue weighted by Crippen LogP contribution is -2.05. The third-order valence-corrected chi connectivity index (χ3v) is 3.55. The summed E-state index contributed by atoms with van der Waals surface area (Å²) in [5.41, 5.74) is 4.51. The first-order valence-corrected chi connectivity index (χ1v) is 6.85. The van der Waals surface area contributed by atoms with Gasteiger partial charge in [0.25, 0.3) is 0 Å². The van der Waals surface area contributed by atoms with Gasteiger partial charge in [-0.25, -0.2) is 4.98 Å². The van der Waals surface area contributed by atoms with E-state index in [1.807, 2.05) is 37.0 Å². The van der Waals surface area contributed by atoms with Gasteiger partial charge in [0.05, 0.1) is 16.7 Å². The molecule has 20 heavy (non-hydrogen) atoms. The van der Waals surface area contributed by atoms with Gasteiger partial charge in [0.15, 0.2) is 0 Å². The molecule has 0 fully saturated rings. The Morgan fingerprint density at radius 2 is 2.00 bits per heavy atom. The van der Waals surface area contributed by atoms with Gasteiger partial charge >= 0.3 is 0 Å². The van der Waals surface area contributed by atoms with Gasteiger partial charge in [-0.3, -0.25) is 4.68 Å². The topological polar surface area (TPSA) is 47.7 Å². The lowest BCUT2D eigenvalue weighted by molar-refractivity contribution is 0.746. The molecule has 2 heterocycles. The number of aryl methyl sites for hydroxylation is 3. The largest absolute Gasteiger partial charge is 0.351 e. The SMILES string of the molecule is CCc1nn(C)cc1CNc1nc2ccccc2n1C. The molecule has 5 nitrogen and oxygen atoms in total. The molecule has 1 aromatic carbocycles. The molecule has 2 aromatic heterocycles. The van der Waals surface area contributed by atoms with Crippen molar-refractivity contribution < 1.29 is 0 Å². The molecule has 0 atom stereocenters. The number of aromatic nitrogens is 4. The molecule has 0 aliphatic carbocycles. The number of anilines is 1. The standard InChI is InChI=1S/C15H19N5/c1-4-12-11(10-19(2)18-12)9-16-15-17-13-7-5-6-8-14(13)20(15)3/h5-8,10H,4,9H2,1-3H3,(H,16,17). The van der Waals surface area contributed by atoms with Crippen molar-refractivity contribution in [3.63, 3.8) is 0 Å². The zero-order valence-corrected chi connectivity index (χ0v) is 12.1. The van der Waals surface area contributed by atoms with Crippen LogP contribution < -0.4 is 5.32 Å². The van der Waals surface area contributed by atoms with Crippen molar-refractivity contribution in [1.29, 1.82) is 0 Å². The third-order valence-electron chi connectivity index (χ3n) is 3.55. The zero-order chi connectivity index (χ0) is 14.1. The summed E-state index contributed by atoms with van der Waals surface area (Å²) in [6.07, 6.45) is 3.01. The van der Waals surface area contributed by atoms with Crippen LogP contribution in [-0.2, 0) is 27.1 Å². The molecule has 0 saturated carbocycles. The van der Waals surface area contributed by atoms with Gasteiger partial charge in [0.2, 0.25) is 5.95 Å². The Morgan fingerprint density at radius 3 is 2.75 bits per heavy atom. The second-order valence-electron chi connectivity index (χ2n) is 4.96. The van der Waals surface area contributed by atoms with Crippen LogP contribution >= 0.6 is 0 Å². The van der Waals surface area contributed by atoms with Crippen LogP contribution in [0, 0.1) is 0 Å². The predicted molar refractivity (Wildman–Crippen MR) is 80.6 cm³/mol. The van der Waals surface area contributed by atoms with Crippen molar-refractivity contribution in [3.05, 3.63) is 41.7 Å². The molecule has 0 amide bonds. The molecule has 0 aliphatic rings. The van der Waals surface area contributed by atoms with Gasteiger partial charge < -0.3 is 9.88 Å². The van der Waals surface area contributed by atoms with E-state index < -0.39 is 0 Å². The number of nitrogens with one attached hydrogen (secondary N) is 1. The zero-order valence-electron chi connectivity index (χ0n) is 12.1. The average Bonchev–Trinajstić information content (AvgIpc) is 2.97. The predicted octanol–water partition coefficient (Wildman–Crippen LogP) is 2.48. The Balaban J connectivity index is 1.84. The Kier molecular flexibility index (Phi) is 3.18. The Morgan fingerprint density at radius 1 is 1.20 bits per heavy atom.